The van der Waals surface area contributed by atoms with Crippen LogP contribution in [0, 0.1) is 5.92 Å². The summed E-state index contributed by atoms with van der Waals surface area (Å²) in [7, 11) is 0. The molecule has 4 nitrogen and oxygen atoms in total. The fourth-order valence-electron chi connectivity index (χ4n) is 3.18. The zero-order valence-corrected chi connectivity index (χ0v) is 12.7. The summed E-state index contributed by atoms with van der Waals surface area (Å²) in [5, 5.41) is 3.69. The Balaban J connectivity index is 1.63. The van der Waals surface area contributed by atoms with Crippen LogP contribution in [0.15, 0.2) is 0 Å². The molecule has 1 N–H and O–H groups in total. The first-order chi connectivity index (χ1) is 9.29. The van der Waals surface area contributed by atoms with Crippen molar-refractivity contribution in [3.05, 3.63) is 0 Å². The molecule has 19 heavy (non-hydrogen) atoms. The average Bonchev–Trinajstić information content (AvgIpc) is 2.45. The van der Waals surface area contributed by atoms with Crippen molar-refractivity contribution in [1.82, 2.24) is 15.1 Å². The predicted octanol–water partition coefficient (Wildman–Crippen LogP) is 1.03. The van der Waals surface area contributed by atoms with Crippen LogP contribution in [0.1, 0.15) is 26.7 Å². The number of nitrogens with one attached hydrogen (secondary N) is 1. The van der Waals surface area contributed by atoms with E-state index in [9.17, 15) is 0 Å². The molecule has 4 heteroatoms. The summed E-state index contributed by atoms with van der Waals surface area (Å²) < 4.78 is 5.40. The number of piperidine rings is 1. The first-order valence-electron chi connectivity index (χ1n) is 8.05. The number of hydrogen-bond donors (Lipinski definition) is 1. The van der Waals surface area contributed by atoms with Gasteiger partial charge in [-0.1, -0.05) is 13.8 Å². The van der Waals surface area contributed by atoms with Gasteiger partial charge in [0.25, 0.3) is 0 Å². The van der Waals surface area contributed by atoms with E-state index < -0.39 is 0 Å². The SMILES string of the molecule is CCCNC1CCN(CCN2CCOCC2)CC1C. The minimum Gasteiger partial charge on any atom is -0.379 e. The summed E-state index contributed by atoms with van der Waals surface area (Å²) in [5.74, 6) is 0.782. The van der Waals surface area contributed by atoms with Crippen molar-refractivity contribution >= 4 is 0 Å². The molecule has 2 aliphatic rings. The Bertz CT molecular complexity index is 244. The fraction of sp³-hybridized carbons (Fsp3) is 1.00. The molecule has 0 aromatic rings. The standard InChI is InChI=1S/C15H31N3O/c1-3-5-16-15-4-6-18(13-14(15)2)8-7-17-9-11-19-12-10-17/h14-16H,3-13H2,1-2H3. The summed E-state index contributed by atoms with van der Waals surface area (Å²) >= 11 is 0. The molecule has 2 heterocycles. The van der Waals surface area contributed by atoms with Crippen molar-refractivity contribution < 1.29 is 4.74 Å². The van der Waals surface area contributed by atoms with Crippen LogP contribution in [-0.4, -0.2) is 74.9 Å². The predicted molar refractivity (Wildman–Crippen MR) is 79.6 cm³/mol. The number of hydrogen-bond acceptors (Lipinski definition) is 4. The van der Waals surface area contributed by atoms with Crippen LogP contribution in [0.3, 0.4) is 0 Å². The third kappa shape index (κ3) is 5.03. The van der Waals surface area contributed by atoms with E-state index in [-0.39, 0.29) is 0 Å². The Morgan fingerprint density at radius 3 is 2.53 bits per heavy atom. The molecule has 2 atom stereocenters. The molecular weight excluding hydrogens is 238 g/mol. The van der Waals surface area contributed by atoms with Gasteiger partial charge in [-0.25, -0.2) is 0 Å². The summed E-state index contributed by atoms with van der Waals surface area (Å²) in [4.78, 5) is 5.18. The van der Waals surface area contributed by atoms with Crippen molar-refractivity contribution in [2.24, 2.45) is 5.92 Å². The molecule has 2 aliphatic heterocycles. The summed E-state index contributed by atoms with van der Waals surface area (Å²) in [6, 6.07) is 0.736. The van der Waals surface area contributed by atoms with Crippen LogP contribution >= 0.6 is 0 Å². The lowest BCUT2D eigenvalue weighted by molar-refractivity contribution is 0.0300. The van der Waals surface area contributed by atoms with Gasteiger partial charge in [0.2, 0.25) is 0 Å². The Labute approximate surface area is 118 Å². The highest BCUT2D eigenvalue weighted by atomic mass is 16.5. The van der Waals surface area contributed by atoms with Crippen LogP contribution < -0.4 is 5.32 Å². The first-order valence-corrected chi connectivity index (χ1v) is 8.05. The minimum atomic E-state index is 0.736. The second kappa shape index (κ2) is 8.20. The lowest BCUT2D eigenvalue weighted by Gasteiger charge is -2.38. The highest BCUT2D eigenvalue weighted by Crippen LogP contribution is 2.16. The Kier molecular flexibility index (Phi) is 6.57. The van der Waals surface area contributed by atoms with Crippen molar-refractivity contribution in [1.29, 1.82) is 0 Å². The highest BCUT2D eigenvalue weighted by Gasteiger charge is 2.25. The normalized spacial score (nSPS) is 30.6. The van der Waals surface area contributed by atoms with Crippen LogP contribution in [-0.2, 0) is 4.74 Å². The van der Waals surface area contributed by atoms with E-state index in [1.807, 2.05) is 0 Å². The Morgan fingerprint density at radius 2 is 1.84 bits per heavy atom. The van der Waals surface area contributed by atoms with E-state index in [2.05, 4.69) is 29.0 Å². The molecule has 2 fully saturated rings. The van der Waals surface area contributed by atoms with Gasteiger partial charge in [-0.05, 0) is 31.8 Å². The largest absolute Gasteiger partial charge is 0.379 e. The molecular formula is C15H31N3O. The molecule has 0 spiro atoms. The van der Waals surface area contributed by atoms with Crippen molar-refractivity contribution in [3.8, 4) is 0 Å². The van der Waals surface area contributed by atoms with Gasteiger partial charge < -0.3 is 15.0 Å². The molecule has 0 aromatic carbocycles. The molecule has 112 valence electrons. The molecule has 2 rings (SSSR count). The zero-order valence-electron chi connectivity index (χ0n) is 12.7. The van der Waals surface area contributed by atoms with Gasteiger partial charge in [0, 0.05) is 38.8 Å². The van der Waals surface area contributed by atoms with Crippen LogP contribution in [0.4, 0.5) is 0 Å². The minimum absolute atomic E-state index is 0.736. The van der Waals surface area contributed by atoms with Gasteiger partial charge in [0.1, 0.15) is 0 Å². The van der Waals surface area contributed by atoms with Gasteiger partial charge in [0.05, 0.1) is 13.2 Å². The van der Waals surface area contributed by atoms with Crippen molar-refractivity contribution in [2.45, 2.75) is 32.7 Å². The number of rotatable bonds is 6. The molecule has 0 aliphatic carbocycles. The van der Waals surface area contributed by atoms with Gasteiger partial charge >= 0.3 is 0 Å². The van der Waals surface area contributed by atoms with E-state index in [1.54, 1.807) is 0 Å². The maximum Gasteiger partial charge on any atom is 0.0594 e. The van der Waals surface area contributed by atoms with Gasteiger partial charge in [-0.15, -0.1) is 0 Å². The van der Waals surface area contributed by atoms with E-state index in [0.717, 1.165) is 38.3 Å². The Hall–Kier alpha value is -0.160. The molecule has 0 saturated carbocycles. The second-order valence-corrected chi connectivity index (χ2v) is 6.08. The summed E-state index contributed by atoms with van der Waals surface area (Å²) in [5.41, 5.74) is 0. The van der Waals surface area contributed by atoms with Gasteiger partial charge in [-0.3, -0.25) is 4.90 Å². The lowest BCUT2D eigenvalue weighted by Crippen LogP contribution is -2.50. The average molecular weight is 269 g/mol. The number of ether oxygens (including phenoxy) is 1. The Morgan fingerprint density at radius 1 is 1.11 bits per heavy atom. The van der Waals surface area contributed by atoms with Gasteiger partial charge in [0.15, 0.2) is 0 Å². The second-order valence-electron chi connectivity index (χ2n) is 6.08. The number of nitrogens with zero attached hydrogens (tertiary/aromatic N) is 2. The quantitative estimate of drug-likeness (QED) is 0.779. The van der Waals surface area contributed by atoms with E-state index >= 15 is 0 Å². The molecule has 0 bridgehead atoms. The topological polar surface area (TPSA) is 27.7 Å². The third-order valence-corrected chi connectivity index (χ3v) is 4.48. The van der Waals surface area contributed by atoms with Crippen molar-refractivity contribution in [3.63, 3.8) is 0 Å². The van der Waals surface area contributed by atoms with Crippen molar-refractivity contribution in [2.75, 3.05) is 59.0 Å². The van der Waals surface area contributed by atoms with E-state index in [4.69, 9.17) is 4.74 Å². The highest BCUT2D eigenvalue weighted by molar-refractivity contribution is 4.83. The monoisotopic (exact) mass is 269 g/mol. The molecule has 0 aromatic heterocycles. The summed E-state index contributed by atoms with van der Waals surface area (Å²) in [6.07, 6.45) is 2.55. The maximum absolute atomic E-state index is 5.40. The van der Waals surface area contributed by atoms with Crippen LogP contribution in [0.2, 0.25) is 0 Å². The fourth-order valence-corrected chi connectivity index (χ4v) is 3.18. The lowest BCUT2D eigenvalue weighted by atomic mass is 9.93. The van der Waals surface area contributed by atoms with E-state index in [0.29, 0.717) is 0 Å². The van der Waals surface area contributed by atoms with Gasteiger partial charge in [-0.2, -0.15) is 0 Å². The smallest absolute Gasteiger partial charge is 0.0594 e. The number of likely N-dealkylation sites (tertiary alicyclic amines) is 1. The number of morpholine rings is 1. The summed E-state index contributed by atoms with van der Waals surface area (Å²) in [6.45, 7) is 14.8. The third-order valence-electron chi connectivity index (χ3n) is 4.48. The molecule has 2 saturated heterocycles. The molecule has 2 unspecified atom stereocenters. The van der Waals surface area contributed by atoms with E-state index in [1.165, 1.54) is 45.6 Å². The first kappa shape index (κ1) is 15.2. The van der Waals surface area contributed by atoms with Crippen LogP contribution in [0.25, 0.3) is 0 Å². The zero-order chi connectivity index (χ0) is 13.5. The maximum atomic E-state index is 5.40. The van der Waals surface area contributed by atoms with Crippen LogP contribution in [0.5, 0.6) is 0 Å². The molecule has 0 radical (unpaired) electrons. The molecule has 0 amide bonds.